The summed E-state index contributed by atoms with van der Waals surface area (Å²) in [5, 5.41) is 7.31. The van der Waals surface area contributed by atoms with Crippen molar-refractivity contribution in [1.29, 1.82) is 0 Å². The zero-order chi connectivity index (χ0) is 24.3. The smallest absolute Gasteiger partial charge is 0.257 e. The molecule has 1 N–H and O–H groups in total. The summed E-state index contributed by atoms with van der Waals surface area (Å²) >= 11 is 0. The number of amides is 1. The number of unbranched alkanes of at least 4 members (excludes halogenated alkanes) is 3. The molecule has 3 aromatic rings. The lowest BCUT2D eigenvalue weighted by atomic mass is 10.0. The van der Waals surface area contributed by atoms with Crippen molar-refractivity contribution in [3.8, 4) is 28.6 Å². The van der Waals surface area contributed by atoms with E-state index < -0.39 is 0 Å². The summed E-state index contributed by atoms with van der Waals surface area (Å²) in [6.45, 7) is 2.64. The number of carbonyl (C=O) groups excluding carboxylic acids is 1. The van der Waals surface area contributed by atoms with Gasteiger partial charge in [0, 0.05) is 12.1 Å². The van der Waals surface area contributed by atoms with Crippen LogP contribution < -0.4 is 19.5 Å². The van der Waals surface area contributed by atoms with E-state index in [4.69, 9.17) is 18.7 Å². The Bertz CT molecular complexity index is 1080. The van der Waals surface area contributed by atoms with Gasteiger partial charge in [-0.3, -0.25) is 4.79 Å². The molecule has 3 rings (SSSR count). The minimum absolute atomic E-state index is 0.190. The standard InChI is InChI=1S/C27H34N2O5/c1-5-6-7-8-12-22-25(26(34-29-22)20-10-9-11-21(18-20)31-2)27(30)28-16-15-19-13-14-23(32-3)24(17-19)33-4/h9-11,13-14,17-18H,5-8,12,15-16H2,1-4H3,(H,28,30). The molecule has 1 heterocycles. The minimum atomic E-state index is -0.190. The quantitative estimate of drug-likeness (QED) is 0.337. The first kappa shape index (κ1) is 25.1. The third-order valence-corrected chi connectivity index (χ3v) is 5.74. The predicted octanol–water partition coefficient (Wildman–Crippen LogP) is 5.46. The minimum Gasteiger partial charge on any atom is -0.497 e. The fraction of sp³-hybridized carbons (Fsp3) is 0.407. The number of rotatable bonds is 13. The summed E-state index contributed by atoms with van der Waals surface area (Å²) < 4.78 is 21.7. The molecule has 0 aliphatic heterocycles. The van der Waals surface area contributed by atoms with E-state index in [2.05, 4.69) is 17.4 Å². The van der Waals surface area contributed by atoms with Crippen LogP contribution in [0.15, 0.2) is 47.0 Å². The molecule has 1 amide bonds. The van der Waals surface area contributed by atoms with Gasteiger partial charge >= 0.3 is 0 Å². The fourth-order valence-corrected chi connectivity index (χ4v) is 3.85. The molecule has 7 nitrogen and oxygen atoms in total. The molecule has 0 atom stereocenters. The van der Waals surface area contributed by atoms with Gasteiger partial charge in [0.1, 0.15) is 11.3 Å². The fourth-order valence-electron chi connectivity index (χ4n) is 3.85. The highest BCUT2D eigenvalue weighted by atomic mass is 16.5. The van der Waals surface area contributed by atoms with Gasteiger partial charge in [-0.05, 0) is 49.1 Å². The normalized spacial score (nSPS) is 10.7. The SMILES string of the molecule is CCCCCCc1noc(-c2cccc(OC)c2)c1C(=O)NCCc1ccc(OC)c(OC)c1. The number of hydrogen-bond acceptors (Lipinski definition) is 6. The first-order valence-corrected chi connectivity index (χ1v) is 11.7. The molecular formula is C27H34N2O5. The van der Waals surface area contributed by atoms with Crippen molar-refractivity contribution >= 4 is 5.91 Å². The summed E-state index contributed by atoms with van der Waals surface area (Å²) in [7, 11) is 4.83. The highest BCUT2D eigenvalue weighted by molar-refractivity contribution is 6.00. The van der Waals surface area contributed by atoms with Crippen molar-refractivity contribution in [2.24, 2.45) is 0 Å². The monoisotopic (exact) mass is 466 g/mol. The molecule has 182 valence electrons. The lowest BCUT2D eigenvalue weighted by molar-refractivity contribution is 0.0953. The number of nitrogens with one attached hydrogen (secondary N) is 1. The molecule has 2 aromatic carbocycles. The maximum absolute atomic E-state index is 13.3. The van der Waals surface area contributed by atoms with Crippen LogP contribution in [-0.2, 0) is 12.8 Å². The Morgan fingerprint density at radius 2 is 1.76 bits per heavy atom. The van der Waals surface area contributed by atoms with Crippen molar-refractivity contribution in [2.45, 2.75) is 45.4 Å². The first-order chi connectivity index (χ1) is 16.6. The number of benzene rings is 2. The van der Waals surface area contributed by atoms with Gasteiger partial charge in [0.05, 0.1) is 27.0 Å². The van der Waals surface area contributed by atoms with Crippen molar-refractivity contribution in [3.05, 3.63) is 59.3 Å². The van der Waals surface area contributed by atoms with Crippen molar-refractivity contribution < 1.29 is 23.5 Å². The van der Waals surface area contributed by atoms with Crippen LogP contribution in [0.2, 0.25) is 0 Å². The molecule has 1 aromatic heterocycles. The van der Waals surface area contributed by atoms with Gasteiger partial charge in [0.25, 0.3) is 5.91 Å². The van der Waals surface area contributed by atoms with Gasteiger partial charge in [0.15, 0.2) is 17.3 Å². The Labute approximate surface area is 201 Å². The molecule has 0 unspecified atom stereocenters. The second-order valence-corrected chi connectivity index (χ2v) is 8.07. The molecule has 0 saturated carbocycles. The highest BCUT2D eigenvalue weighted by Gasteiger charge is 2.24. The van der Waals surface area contributed by atoms with E-state index in [-0.39, 0.29) is 5.91 Å². The topological polar surface area (TPSA) is 82.8 Å². The number of methoxy groups -OCH3 is 3. The van der Waals surface area contributed by atoms with Gasteiger partial charge in [-0.2, -0.15) is 0 Å². The van der Waals surface area contributed by atoms with E-state index in [1.54, 1.807) is 21.3 Å². The van der Waals surface area contributed by atoms with Crippen LogP contribution in [0.1, 0.15) is 54.2 Å². The van der Waals surface area contributed by atoms with E-state index in [1.807, 2.05) is 42.5 Å². The molecule has 34 heavy (non-hydrogen) atoms. The number of aryl methyl sites for hydroxylation is 1. The summed E-state index contributed by atoms with van der Waals surface area (Å²) in [6.07, 6.45) is 5.72. The number of nitrogens with zero attached hydrogens (tertiary/aromatic N) is 1. The Morgan fingerprint density at radius 1 is 0.941 bits per heavy atom. The van der Waals surface area contributed by atoms with Gasteiger partial charge in [0.2, 0.25) is 0 Å². The van der Waals surface area contributed by atoms with Crippen LogP contribution in [0.3, 0.4) is 0 Å². The second kappa shape index (κ2) is 12.7. The van der Waals surface area contributed by atoms with Crippen LogP contribution in [-0.4, -0.2) is 38.9 Å². The Balaban J connectivity index is 1.76. The zero-order valence-electron chi connectivity index (χ0n) is 20.5. The Hall–Kier alpha value is -3.48. The second-order valence-electron chi connectivity index (χ2n) is 8.07. The van der Waals surface area contributed by atoms with Gasteiger partial charge in [-0.1, -0.05) is 49.5 Å². The van der Waals surface area contributed by atoms with E-state index in [1.165, 1.54) is 0 Å². The molecule has 0 aliphatic rings. The molecule has 0 spiro atoms. The molecular weight excluding hydrogens is 432 g/mol. The molecule has 0 bridgehead atoms. The number of hydrogen-bond donors (Lipinski definition) is 1. The lowest BCUT2D eigenvalue weighted by Gasteiger charge is -2.10. The van der Waals surface area contributed by atoms with Crippen molar-refractivity contribution in [3.63, 3.8) is 0 Å². The Morgan fingerprint density at radius 3 is 2.50 bits per heavy atom. The van der Waals surface area contributed by atoms with Gasteiger partial charge < -0.3 is 24.1 Å². The molecule has 0 aliphatic carbocycles. The average Bonchev–Trinajstić information content (AvgIpc) is 3.30. The molecule has 0 radical (unpaired) electrons. The molecule has 7 heteroatoms. The van der Waals surface area contributed by atoms with E-state index in [0.29, 0.717) is 53.7 Å². The Kier molecular flexibility index (Phi) is 9.38. The van der Waals surface area contributed by atoms with E-state index >= 15 is 0 Å². The van der Waals surface area contributed by atoms with E-state index in [0.717, 1.165) is 36.8 Å². The largest absolute Gasteiger partial charge is 0.497 e. The number of ether oxygens (including phenoxy) is 3. The van der Waals surface area contributed by atoms with Crippen molar-refractivity contribution in [2.75, 3.05) is 27.9 Å². The highest BCUT2D eigenvalue weighted by Crippen LogP contribution is 2.30. The summed E-state index contributed by atoms with van der Waals surface area (Å²) in [5.41, 5.74) is 2.99. The average molecular weight is 467 g/mol. The van der Waals surface area contributed by atoms with E-state index in [9.17, 15) is 4.79 Å². The van der Waals surface area contributed by atoms with Gasteiger partial charge in [-0.25, -0.2) is 0 Å². The lowest BCUT2D eigenvalue weighted by Crippen LogP contribution is -2.26. The van der Waals surface area contributed by atoms with Crippen LogP contribution in [0, 0.1) is 0 Å². The molecule has 0 fully saturated rings. The third kappa shape index (κ3) is 6.31. The van der Waals surface area contributed by atoms with Gasteiger partial charge in [-0.15, -0.1) is 0 Å². The summed E-state index contributed by atoms with van der Waals surface area (Å²) in [4.78, 5) is 13.3. The maximum Gasteiger partial charge on any atom is 0.257 e. The number of carbonyl (C=O) groups is 1. The number of aromatic nitrogens is 1. The van der Waals surface area contributed by atoms with Crippen LogP contribution in [0.25, 0.3) is 11.3 Å². The van der Waals surface area contributed by atoms with Crippen molar-refractivity contribution in [1.82, 2.24) is 10.5 Å². The predicted molar refractivity (Wildman–Crippen MR) is 132 cm³/mol. The third-order valence-electron chi connectivity index (χ3n) is 5.74. The maximum atomic E-state index is 13.3. The molecule has 0 saturated heterocycles. The summed E-state index contributed by atoms with van der Waals surface area (Å²) in [5.74, 6) is 2.31. The zero-order valence-corrected chi connectivity index (χ0v) is 20.5. The van der Waals surface area contributed by atoms with Crippen LogP contribution >= 0.6 is 0 Å². The van der Waals surface area contributed by atoms with Crippen LogP contribution in [0.4, 0.5) is 0 Å². The summed E-state index contributed by atoms with van der Waals surface area (Å²) in [6, 6.07) is 13.2. The first-order valence-electron chi connectivity index (χ1n) is 11.7. The van der Waals surface area contributed by atoms with Crippen LogP contribution in [0.5, 0.6) is 17.2 Å².